The molecule has 11 heteroatoms. The van der Waals surface area contributed by atoms with Crippen molar-refractivity contribution in [3.63, 3.8) is 0 Å². The van der Waals surface area contributed by atoms with E-state index in [0.29, 0.717) is 54.3 Å². The number of ether oxygens (including phenoxy) is 5. The van der Waals surface area contributed by atoms with Crippen LogP contribution in [0.5, 0.6) is 28.7 Å². The second-order valence-electron chi connectivity index (χ2n) is 13.5. The van der Waals surface area contributed by atoms with Crippen LogP contribution in [0.25, 0.3) is 16.7 Å². The molecule has 0 amide bonds. The highest BCUT2D eigenvalue weighted by Gasteiger charge is 2.54. The van der Waals surface area contributed by atoms with E-state index in [-0.39, 0.29) is 17.5 Å². The van der Waals surface area contributed by atoms with Gasteiger partial charge in [0.25, 0.3) is 0 Å². The number of benzene rings is 4. The molecule has 3 atom stereocenters. The van der Waals surface area contributed by atoms with Crippen LogP contribution in [0.15, 0.2) is 78.9 Å². The Morgan fingerprint density at radius 2 is 1.26 bits per heavy atom. The summed E-state index contributed by atoms with van der Waals surface area (Å²) in [5.74, 6) is -0.939. The molecule has 3 aliphatic heterocycles. The first-order valence-corrected chi connectivity index (χ1v) is 17.2. The molecule has 11 nitrogen and oxygen atoms in total. The molecule has 4 aliphatic rings. The van der Waals surface area contributed by atoms with Gasteiger partial charge in [-0.15, -0.1) is 0 Å². The van der Waals surface area contributed by atoms with Gasteiger partial charge in [-0.3, -0.25) is 28.9 Å². The highest BCUT2D eigenvalue weighted by atomic mass is 16.6. The van der Waals surface area contributed by atoms with Gasteiger partial charge in [-0.2, -0.15) is 0 Å². The Labute approximate surface area is 306 Å². The monoisotopic (exact) mass is 715 g/mol. The van der Waals surface area contributed by atoms with E-state index >= 15 is 0 Å². The third kappa shape index (κ3) is 6.83. The molecule has 270 valence electrons. The molecular formula is C42H37NO10. The molecule has 3 heterocycles. The van der Waals surface area contributed by atoms with Gasteiger partial charge in [0, 0.05) is 70.9 Å². The van der Waals surface area contributed by atoms with Gasteiger partial charge in [-0.05, 0) is 88.7 Å². The van der Waals surface area contributed by atoms with Gasteiger partial charge in [0.05, 0.1) is 5.41 Å². The average Bonchev–Trinajstić information content (AvgIpc) is 3.40. The molecule has 0 N–H and O–H groups in total. The molecule has 0 saturated carbocycles. The number of esters is 5. The molecule has 1 aliphatic carbocycles. The maximum Gasteiger partial charge on any atom is 0.308 e. The highest BCUT2D eigenvalue weighted by Crippen LogP contribution is 2.56. The summed E-state index contributed by atoms with van der Waals surface area (Å²) in [6.45, 7) is 7.70. The van der Waals surface area contributed by atoms with E-state index in [9.17, 15) is 24.0 Å². The zero-order valence-electron chi connectivity index (χ0n) is 29.9. The SMILES string of the molecule is CC(=O)Oc1cccc([C@]23C=C4CN(CCc5ccc(c(OC(C)=O)c5)-c5ccc(OC(C)=O)cc54)[C@H]2Cc2cc(OC(C)=O)cc(OC(C)=O)c23)c1. The molecule has 1 unspecified atom stereocenters. The fourth-order valence-corrected chi connectivity index (χ4v) is 8.02. The number of carbonyl (C=O) groups excluding carboxylic acids is 5. The van der Waals surface area contributed by atoms with E-state index in [0.717, 1.165) is 33.4 Å². The van der Waals surface area contributed by atoms with Crippen molar-refractivity contribution in [3.05, 3.63) is 107 Å². The van der Waals surface area contributed by atoms with Crippen LogP contribution in [-0.2, 0) is 42.2 Å². The van der Waals surface area contributed by atoms with Gasteiger partial charge < -0.3 is 23.7 Å². The Balaban J connectivity index is 1.58. The van der Waals surface area contributed by atoms with Crippen molar-refractivity contribution in [2.75, 3.05) is 13.1 Å². The van der Waals surface area contributed by atoms with Crippen molar-refractivity contribution in [3.8, 4) is 39.9 Å². The van der Waals surface area contributed by atoms with E-state index in [1.54, 1.807) is 24.3 Å². The van der Waals surface area contributed by atoms with Gasteiger partial charge in [0.1, 0.15) is 28.7 Å². The summed E-state index contributed by atoms with van der Waals surface area (Å²) < 4.78 is 28.4. The number of nitrogens with zero attached hydrogens (tertiary/aromatic N) is 1. The first-order valence-electron chi connectivity index (χ1n) is 17.2. The Morgan fingerprint density at radius 1 is 0.623 bits per heavy atom. The Morgan fingerprint density at radius 3 is 1.96 bits per heavy atom. The highest BCUT2D eigenvalue weighted by molar-refractivity contribution is 5.89. The lowest BCUT2D eigenvalue weighted by molar-refractivity contribution is -0.133. The summed E-state index contributed by atoms with van der Waals surface area (Å²) in [6.07, 6.45) is 3.24. The normalized spacial score (nSPS) is 19.3. The van der Waals surface area contributed by atoms with Crippen molar-refractivity contribution in [2.24, 2.45) is 0 Å². The molecule has 0 radical (unpaired) electrons. The smallest absolute Gasteiger partial charge is 0.308 e. The number of rotatable bonds is 6. The van der Waals surface area contributed by atoms with Crippen LogP contribution >= 0.6 is 0 Å². The zero-order valence-corrected chi connectivity index (χ0v) is 29.9. The van der Waals surface area contributed by atoms with Gasteiger partial charge >= 0.3 is 29.8 Å². The van der Waals surface area contributed by atoms with Crippen LogP contribution < -0.4 is 23.7 Å². The van der Waals surface area contributed by atoms with Crippen LogP contribution in [-0.4, -0.2) is 53.9 Å². The third-order valence-corrected chi connectivity index (χ3v) is 9.69. The standard InChI is InChI=1S/C42H37NO10/c1-23(44)49-32-8-6-7-31(18-32)42-21-30-22-43(40(42)17-29-16-34(51-25(3)46)20-39(41(29)42)53-27(5)48)14-13-28-9-11-36(38(15-28)52-26(4)47)35-12-10-33(19-37(30)35)50-24(2)45/h6-12,15-16,18-21,40H,13-14,17,22H2,1-5H3/t40-,42+/m0/s1. The fraction of sp³-hybridized carbons (Fsp3) is 0.262. The van der Waals surface area contributed by atoms with E-state index in [4.69, 9.17) is 23.7 Å². The number of fused-ring (bicyclic) bond motifs is 6. The van der Waals surface area contributed by atoms with Crippen LogP contribution in [0.3, 0.4) is 0 Å². The summed E-state index contributed by atoms with van der Waals surface area (Å²) in [7, 11) is 0. The largest absolute Gasteiger partial charge is 0.427 e. The van der Waals surface area contributed by atoms with Gasteiger partial charge in [-0.1, -0.05) is 30.3 Å². The van der Waals surface area contributed by atoms with Crippen LogP contribution in [0.1, 0.15) is 62.4 Å². The van der Waals surface area contributed by atoms with Crippen molar-refractivity contribution in [1.29, 1.82) is 0 Å². The van der Waals surface area contributed by atoms with Crippen molar-refractivity contribution in [2.45, 2.75) is 58.9 Å². The molecule has 8 rings (SSSR count). The molecule has 4 bridgehead atoms. The molecule has 0 fully saturated rings. The summed E-state index contributed by atoms with van der Waals surface area (Å²) in [5.41, 5.74) is 5.21. The van der Waals surface area contributed by atoms with E-state index in [2.05, 4.69) is 11.0 Å². The second-order valence-corrected chi connectivity index (χ2v) is 13.5. The van der Waals surface area contributed by atoms with Crippen molar-refractivity contribution >= 4 is 35.4 Å². The summed E-state index contributed by atoms with van der Waals surface area (Å²) in [5, 5.41) is 0. The van der Waals surface area contributed by atoms with Crippen molar-refractivity contribution < 1.29 is 47.7 Å². The summed E-state index contributed by atoms with van der Waals surface area (Å²) in [6, 6.07) is 21.6. The van der Waals surface area contributed by atoms with Gasteiger partial charge in [-0.25, -0.2) is 0 Å². The third-order valence-electron chi connectivity index (χ3n) is 9.69. The molecule has 0 aromatic heterocycles. The molecule has 0 spiro atoms. The van der Waals surface area contributed by atoms with Crippen molar-refractivity contribution in [1.82, 2.24) is 4.90 Å². The van der Waals surface area contributed by atoms with Gasteiger partial charge in [0.2, 0.25) is 0 Å². The Hall–Kier alpha value is -6.07. The van der Waals surface area contributed by atoms with Crippen LogP contribution in [0.2, 0.25) is 0 Å². The van der Waals surface area contributed by atoms with E-state index < -0.39 is 35.3 Å². The topological polar surface area (TPSA) is 135 Å². The van der Waals surface area contributed by atoms with E-state index in [1.165, 1.54) is 34.6 Å². The molecular weight excluding hydrogens is 678 g/mol. The minimum Gasteiger partial charge on any atom is -0.427 e. The van der Waals surface area contributed by atoms with Gasteiger partial charge in [0.15, 0.2) is 0 Å². The Kier molecular flexibility index (Phi) is 9.21. The fourth-order valence-electron chi connectivity index (χ4n) is 8.02. The molecule has 4 aromatic rings. The minimum absolute atomic E-state index is 0.228. The lowest BCUT2D eigenvalue weighted by Gasteiger charge is -2.46. The zero-order chi connectivity index (χ0) is 37.6. The maximum absolute atomic E-state index is 12.7. The average molecular weight is 716 g/mol. The van der Waals surface area contributed by atoms with E-state index in [1.807, 2.05) is 48.5 Å². The molecule has 0 saturated heterocycles. The first kappa shape index (κ1) is 35.3. The Bertz CT molecular complexity index is 2250. The number of hydrogen-bond acceptors (Lipinski definition) is 11. The predicted octanol–water partition coefficient (Wildman–Crippen LogP) is 6.15. The quantitative estimate of drug-likeness (QED) is 0.168. The second kappa shape index (κ2) is 13.8. The lowest BCUT2D eigenvalue weighted by atomic mass is 9.68. The summed E-state index contributed by atoms with van der Waals surface area (Å²) in [4.78, 5) is 63.9. The number of hydrogen-bond donors (Lipinski definition) is 0. The molecule has 4 aromatic carbocycles. The molecule has 53 heavy (non-hydrogen) atoms. The maximum atomic E-state index is 12.7. The first-order chi connectivity index (χ1) is 25.3. The number of carbonyl (C=O) groups is 5. The minimum atomic E-state index is -1.02. The van der Waals surface area contributed by atoms with Crippen LogP contribution in [0.4, 0.5) is 0 Å². The summed E-state index contributed by atoms with van der Waals surface area (Å²) >= 11 is 0. The lowest BCUT2D eigenvalue weighted by Crippen LogP contribution is -2.52. The predicted molar refractivity (Wildman–Crippen MR) is 193 cm³/mol. The van der Waals surface area contributed by atoms with Crippen LogP contribution in [0, 0.1) is 0 Å².